The van der Waals surface area contributed by atoms with Gasteiger partial charge < -0.3 is 10.4 Å². The summed E-state index contributed by atoms with van der Waals surface area (Å²) in [5.74, 6) is -0.947. The number of rotatable bonds is 2. The first-order chi connectivity index (χ1) is 2.77. The van der Waals surface area contributed by atoms with E-state index in [0.717, 1.165) is 0 Å². The Morgan fingerprint density at radius 3 is 2.50 bits per heavy atom. The number of hydrogen-bond donors (Lipinski definition) is 2. The van der Waals surface area contributed by atoms with Crippen LogP contribution in [0.4, 0.5) is 0 Å². The highest BCUT2D eigenvalue weighted by Crippen LogP contribution is 1.52. The smallest absolute Gasteiger partial charge is 0.317 e. The summed E-state index contributed by atoms with van der Waals surface area (Å²) in [6, 6.07) is 0. The van der Waals surface area contributed by atoms with Crippen LogP contribution < -0.4 is 5.32 Å². The summed E-state index contributed by atoms with van der Waals surface area (Å²) >= 11 is 0. The number of carboxylic acid groups (broad SMARTS) is 1. The Balaban J connectivity index is 2.83. The van der Waals surface area contributed by atoms with Gasteiger partial charge in [-0.15, -0.1) is 0 Å². The number of aliphatic carboxylic acids is 1. The van der Waals surface area contributed by atoms with Crippen molar-refractivity contribution in [1.82, 2.24) is 5.32 Å². The molecule has 0 aromatic rings. The number of carbonyl (C=O) groups is 1. The topological polar surface area (TPSA) is 49.3 Å². The first-order valence-electron chi connectivity index (χ1n) is 1.42. The molecule has 0 aromatic carbocycles. The van der Waals surface area contributed by atoms with Crippen molar-refractivity contribution in [2.24, 2.45) is 0 Å². The zero-order chi connectivity index (χ0) is 4.99. The monoisotopic (exact) mass is 87.0 g/mol. The second-order valence-corrected chi connectivity index (χ2v) is 0.775. The Morgan fingerprint density at radius 2 is 2.50 bits per heavy atom. The van der Waals surface area contributed by atoms with Crippen molar-refractivity contribution in [3.63, 3.8) is 0 Å². The minimum Gasteiger partial charge on any atom is -0.480 e. The lowest BCUT2D eigenvalue weighted by atomic mass is 10.7. The van der Waals surface area contributed by atoms with Crippen LogP contribution in [0.2, 0.25) is 0 Å². The van der Waals surface area contributed by atoms with Gasteiger partial charge >= 0.3 is 5.97 Å². The van der Waals surface area contributed by atoms with Crippen molar-refractivity contribution in [3.8, 4) is 0 Å². The summed E-state index contributed by atoms with van der Waals surface area (Å²) in [5, 5.41) is 9.74. The van der Waals surface area contributed by atoms with E-state index in [1.165, 1.54) is 0 Å². The average Bonchev–Trinajstić information content (AvgIpc) is 1.35. The van der Waals surface area contributed by atoms with Crippen LogP contribution in [0.1, 0.15) is 0 Å². The molecule has 0 aromatic heterocycles. The molecule has 34 valence electrons. The van der Waals surface area contributed by atoms with Gasteiger partial charge in [-0.1, -0.05) is 0 Å². The van der Waals surface area contributed by atoms with Crippen molar-refractivity contribution in [3.05, 3.63) is 7.05 Å². The fraction of sp³-hybridized carbons (Fsp3) is 0.333. The Hall–Kier alpha value is -0.570. The van der Waals surface area contributed by atoms with Gasteiger partial charge in [0.2, 0.25) is 0 Å². The van der Waals surface area contributed by atoms with Crippen LogP contribution in [-0.4, -0.2) is 17.6 Å². The maximum Gasteiger partial charge on any atom is 0.317 e. The minimum absolute atomic E-state index is 0.181. The normalized spacial score (nSPS) is 8.17. The summed E-state index contributed by atoms with van der Waals surface area (Å²) in [7, 11) is 4.60. The highest BCUT2D eigenvalue weighted by molar-refractivity contribution is 5.68. The third-order valence-corrected chi connectivity index (χ3v) is 0.253. The van der Waals surface area contributed by atoms with E-state index in [1.807, 2.05) is 5.32 Å². The maximum atomic E-state index is 9.46. The van der Waals surface area contributed by atoms with Crippen LogP contribution in [0, 0.1) is 7.05 Å². The van der Waals surface area contributed by atoms with Crippen molar-refractivity contribution in [2.45, 2.75) is 0 Å². The van der Waals surface area contributed by atoms with Crippen molar-refractivity contribution in [2.75, 3.05) is 6.54 Å². The van der Waals surface area contributed by atoms with Gasteiger partial charge in [0, 0.05) is 7.05 Å². The van der Waals surface area contributed by atoms with Crippen LogP contribution in [0.25, 0.3) is 0 Å². The molecule has 0 aliphatic heterocycles. The highest BCUT2D eigenvalue weighted by Gasteiger charge is 1.86. The quantitative estimate of drug-likeness (QED) is 0.439. The number of nitrogens with one attached hydrogen (secondary N) is 1. The van der Waals surface area contributed by atoms with Gasteiger partial charge in [0.25, 0.3) is 0 Å². The van der Waals surface area contributed by atoms with Gasteiger partial charge in [0.1, 0.15) is 0 Å². The largest absolute Gasteiger partial charge is 0.480 e. The third-order valence-electron chi connectivity index (χ3n) is 0.253. The molecule has 0 unspecified atom stereocenters. The van der Waals surface area contributed by atoms with E-state index in [-0.39, 0.29) is 6.54 Å². The molecule has 0 aliphatic rings. The molecule has 0 spiro atoms. The van der Waals surface area contributed by atoms with E-state index >= 15 is 0 Å². The van der Waals surface area contributed by atoms with Crippen molar-refractivity contribution in [1.29, 1.82) is 0 Å². The predicted molar refractivity (Wildman–Crippen MR) is 19.9 cm³/mol. The first kappa shape index (κ1) is 5.43. The van der Waals surface area contributed by atoms with Crippen molar-refractivity contribution >= 4 is 5.97 Å². The standard InChI is InChI=1S/C3H5NO2/c1-4-2-3(5)6/h1,4H,2H2,(H,5,6). The molecular formula is C3H5NO2. The summed E-state index contributed by atoms with van der Waals surface area (Å²) in [6.07, 6.45) is 0. The molecule has 0 atom stereocenters. The van der Waals surface area contributed by atoms with E-state index in [9.17, 15) is 4.79 Å². The van der Waals surface area contributed by atoms with E-state index in [1.54, 1.807) is 0 Å². The summed E-state index contributed by atoms with van der Waals surface area (Å²) in [4.78, 5) is 9.46. The maximum absolute atomic E-state index is 9.46. The molecule has 0 bridgehead atoms. The molecule has 0 amide bonds. The average molecular weight is 87.1 g/mol. The molecule has 2 radical (unpaired) electrons. The molecular weight excluding hydrogens is 82.0 g/mol. The van der Waals surface area contributed by atoms with Crippen molar-refractivity contribution < 1.29 is 9.90 Å². The fourth-order valence-electron chi connectivity index (χ4n) is 0.0873. The molecule has 2 N–H and O–H groups in total. The SMILES string of the molecule is [CH]NCC(=O)O. The van der Waals surface area contributed by atoms with E-state index in [0.29, 0.717) is 0 Å². The lowest BCUT2D eigenvalue weighted by molar-refractivity contribution is -0.135. The van der Waals surface area contributed by atoms with Gasteiger partial charge in [0.15, 0.2) is 0 Å². The zero-order valence-corrected chi connectivity index (χ0v) is 3.14. The van der Waals surface area contributed by atoms with Crippen LogP contribution in [0.5, 0.6) is 0 Å². The van der Waals surface area contributed by atoms with Gasteiger partial charge in [0.05, 0.1) is 6.54 Å². The van der Waals surface area contributed by atoms with Crippen LogP contribution in [0.15, 0.2) is 0 Å². The fourth-order valence-corrected chi connectivity index (χ4v) is 0.0873. The molecule has 6 heavy (non-hydrogen) atoms. The van der Waals surface area contributed by atoms with Gasteiger partial charge in [-0.05, 0) is 0 Å². The molecule has 3 nitrogen and oxygen atoms in total. The lowest BCUT2D eigenvalue weighted by Crippen LogP contribution is -2.14. The Kier molecular flexibility index (Phi) is 2.40. The second-order valence-electron chi connectivity index (χ2n) is 0.775. The molecule has 0 aliphatic carbocycles. The summed E-state index contributed by atoms with van der Waals surface area (Å²) in [5.41, 5.74) is 0. The van der Waals surface area contributed by atoms with Gasteiger partial charge in [-0.25, -0.2) is 0 Å². The molecule has 0 fully saturated rings. The Bertz CT molecular complexity index is 52.8. The molecule has 0 saturated carbocycles. The predicted octanol–water partition coefficient (Wildman–Crippen LogP) is -0.671. The van der Waals surface area contributed by atoms with E-state index in [4.69, 9.17) is 5.11 Å². The van der Waals surface area contributed by atoms with Gasteiger partial charge in [-0.2, -0.15) is 0 Å². The van der Waals surface area contributed by atoms with E-state index < -0.39 is 5.97 Å². The third kappa shape index (κ3) is 3.43. The highest BCUT2D eigenvalue weighted by atomic mass is 16.4. The lowest BCUT2D eigenvalue weighted by Gasteiger charge is -1.83. The second kappa shape index (κ2) is 2.66. The van der Waals surface area contributed by atoms with Gasteiger partial charge in [-0.3, -0.25) is 4.79 Å². The molecule has 0 rings (SSSR count). The Morgan fingerprint density at radius 1 is 2.00 bits per heavy atom. The van der Waals surface area contributed by atoms with Crippen LogP contribution in [-0.2, 0) is 4.79 Å². The molecule has 3 heteroatoms. The first-order valence-corrected chi connectivity index (χ1v) is 1.42. The van der Waals surface area contributed by atoms with Crippen LogP contribution in [0.3, 0.4) is 0 Å². The summed E-state index contributed by atoms with van der Waals surface area (Å²) in [6.45, 7) is -0.181. The number of carboxylic acids is 1. The van der Waals surface area contributed by atoms with E-state index in [2.05, 4.69) is 7.05 Å². The molecule has 0 saturated heterocycles. The van der Waals surface area contributed by atoms with Crippen LogP contribution >= 0.6 is 0 Å². The molecule has 0 heterocycles. The Labute approximate surface area is 36.0 Å². The minimum atomic E-state index is -0.947. The summed E-state index contributed by atoms with van der Waals surface area (Å²) < 4.78 is 0. The number of hydrogen-bond acceptors (Lipinski definition) is 2. The zero-order valence-electron chi connectivity index (χ0n) is 3.14.